The van der Waals surface area contributed by atoms with Gasteiger partial charge in [-0.15, -0.1) is 0 Å². The molecule has 5 N–H and O–H groups in total. The highest BCUT2D eigenvalue weighted by atomic mass is 16.4. The lowest BCUT2D eigenvalue weighted by atomic mass is 9.81. The highest BCUT2D eigenvalue weighted by Gasteiger charge is 2.29. The van der Waals surface area contributed by atoms with E-state index in [4.69, 9.17) is 0 Å². The number of hydrogen-bond donors (Lipinski definition) is 5. The molecular weight excluding hydrogens is 488 g/mol. The molecule has 1 aliphatic carbocycles. The minimum absolute atomic E-state index is 0.167. The zero-order valence-electron chi connectivity index (χ0n) is 20.8. The fourth-order valence-corrected chi connectivity index (χ4v) is 5.32. The molecule has 0 aliphatic heterocycles. The van der Waals surface area contributed by atoms with Crippen molar-refractivity contribution in [1.29, 1.82) is 0 Å². The number of phenolic OH excluding ortho intramolecular Hbond substituents is 5. The minimum Gasteiger partial charge on any atom is -0.504 e. The molecule has 0 saturated carbocycles. The molecule has 5 aromatic carbocycles. The average Bonchev–Trinajstić information content (AvgIpc) is 2.96. The number of allylic oxidation sites excluding steroid dienone is 1. The van der Waals surface area contributed by atoms with Crippen molar-refractivity contribution < 1.29 is 25.5 Å². The van der Waals surface area contributed by atoms with Gasteiger partial charge < -0.3 is 25.5 Å². The van der Waals surface area contributed by atoms with Crippen LogP contribution < -0.4 is 0 Å². The largest absolute Gasteiger partial charge is 0.504 e. The summed E-state index contributed by atoms with van der Waals surface area (Å²) >= 11 is 0. The zero-order valence-corrected chi connectivity index (χ0v) is 20.8. The van der Waals surface area contributed by atoms with E-state index >= 15 is 0 Å². The summed E-state index contributed by atoms with van der Waals surface area (Å²) in [5.41, 5.74) is 5.99. The summed E-state index contributed by atoms with van der Waals surface area (Å²) in [4.78, 5) is 0. The van der Waals surface area contributed by atoms with Gasteiger partial charge in [-0.25, -0.2) is 0 Å². The van der Waals surface area contributed by atoms with Crippen LogP contribution in [0, 0.1) is 11.8 Å². The van der Waals surface area contributed by atoms with Crippen LogP contribution in [-0.2, 0) is 6.42 Å². The van der Waals surface area contributed by atoms with Crippen molar-refractivity contribution >= 4 is 16.8 Å². The van der Waals surface area contributed by atoms with Gasteiger partial charge >= 0.3 is 0 Å². The predicted octanol–water partition coefficient (Wildman–Crippen LogP) is 7.33. The Balaban J connectivity index is 1.70. The number of phenols is 5. The molecule has 5 heteroatoms. The second-order valence-corrected chi connectivity index (χ2v) is 9.39. The second kappa shape index (κ2) is 9.51. The molecule has 0 spiro atoms. The molecule has 39 heavy (non-hydrogen) atoms. The topological polar surface area (TPSA) is 101 Å². The summed E-state index contributed by atoms with van der Waals surface area (Å²) in [6, 6.07) is 26.0. The van der Waals surface area contributed by atoms with E-state index in [2.05, 4.69) is 48.2 Å². The van der Waals surface area contributed by atoms with Gasteiger partial charge in [-0.05, 0) is 44.2 Å². The van der Waals surface area contributed by atoms with Crippen molar-refractivity contribution in [1.82, 2.24) is 0 Å². The van der Waals surface area contributed by atoms with Gasteiger partial charge in [0.1, 0.15) is 0 Å². The third kappa shape index (κ3) is 3.91. The molecule has 190 valence electrons. The standard InChI is InChI=1S/C34H24O5/c35-30-29(31(36)33(38)34(39)32(30)37)28-25-13-7-2-1-6-12-23(25)27(24-14-8-9-15-26(24)28)22-18-16-21(17-19-22)20-10-4-3-5-11-20/h3-5,7-11,13-19,35-39H,2,12H2. The van der Waals surface area contributed by atoms with Crippen molar-refractivity contribution in [3.8, 4) is 74.0 Å². The van der Waals surface area contributed by atoms with Crippen molar-refractivity contribution in [2.75, 3.05) is 0 Å². The molecule has 0 heterocycles. The van der Waals surface area contributed by atoms with Gasteiger partial charge in [0, 0.05) is 18.4 Å². The van der Waals surface area contributed by atoms with E-state index in [9.17, 15) is 25.5 Å². The summed E-state index contributed by atoms with van der Waals surface area (Å²) in [5.74, 6) is 2.12. The third-order valence-electron chi connectivity index (χ3n) is 7.16. The van der Waals surface area contributed by atoms with Crippen LogP contribution in [0.2, 0.25) is 0 Å². The molecule has 0 fully saturated rings. The van der Waals surface area contributed by atoms with E-state index in [1.165, 1.54) is 0 Å². The Labute approximate surface area is 225 Å². The molecule has 0 bridgehead atoms. The predicted molar refractivity (Wildman–Crippen MR) is 154 cm³/mol. The average molecular weight is 513 g/mol. The molecule has 1 aliphatic rings. The summed E-state index contributed by atoms with van der Waals surface area (Å²) in [7, 11) is 0. The SMILES string of the molecule is Oc1c(O)c(O)c(-c2c3c(c(-c4ccc(-c5ccccc5)cc4)c4ccccc24)CC#CCC=C3)c(O)c1O. The van der Waals surface area contributed by atoms with E-state index in [-0.39, 0.29) is 5.56 Å². The normalized spacial score (nSPS) is 12.3. The van der Waals surface area contributed by atoms with Gasteiger partial charge in [-0.1, -0.05) is 103 Å². The smallest absolute Gasteiger partial charge is 0.208 e. The Morgan fingerprint density at radius 1 is 0.487 bits per heavy atom. The Bertz CT molecular complexity index is 1810. The number of hydrogen-bond acceptors (Lipinski definition) is 5. The minimum atomic E-state index is -0.988. The van der Waals surface area contributed by atoms with Crippen LogP contribution in [0.4, 0.5) is 0 Å². The van der Waals surface area contributed by atoms with E-state index in [1.807, 2.05) is 54.6 Å². The van der Waals surface area contributed by atoms with Gasteiger partial charge in [0.05, 0.1) is 5.56 Å². The Hall–Kier alpha value is -5.34. The Morgan fingerprint density at radius 2 is 1.03 bits per heavy atom. The van der Waals surface area contributed by atoms with Crippen molar-refractivity contribution in [2.45, 2.75) is 12.8 Å². The third-order valence-corrected chi connectivity index (χ3v) is 7.16. The van der Waals surface area contributed by atoms with Gasteiger partial charge in [0.25, 0.3) is 0 Å². The first-order chi connectivity index (χ1) is 19.0. The highest BCUT2D eigenvalue weighted by Crippen LogP contribution is 2.57. The van der Waals surface area contributed by atoms with E-state index in [0.717, 1.165) is 33.2 Å². The first-order valence-corrected chi connectivity index (χ1v) is 12.5. The first kappa shape index (κ1) is 24.0. The molecule has 0 atom stereocenters. The molecule has 0 radical (unpaired) electrons. The molecular formula is C34H24O5. The summed E-state index contributed by atoms with van der Waals surface area (Å²) in [6.45, 7) is 0. The summed E-state index contributed by atoms with van der Waals surface area (Å²) in [5, 5.41) is 54.1. The number of aromatic hydroxyl groups is 5. The lowest BCUT2D eigenvalue weighted by Crippen LogP contribution is -2.01. The fourth-order valence-electron chi connectivity index (χ4n) is 5.32. The van der Waals surface area contributed by atoms with Crippen LogP contribution in [0.1, 0.15) is 17.5 Å². The van der Waals surface area contributed by atoms with E-state index in [0.29, 0.717) is 29.4 Å². The molecule has 0 unspecified atom stereocenters. The maximum absolute atomic E-state index is 10.9. The maximum Gasteiger partial charge on any atom is 0.208 e. The van der Waals surface area contributed by atoms with Crippen LogP contribution in [0.15, 0.2) is 84.9 Å². The molecule has 0 amide bonds. The number of rotatable bonds is 3. The highest BCUT2D eigenvalue weighted by molar-refractivity contribution is 6.12. The lowest BCUT2D eigenvalue weighted by Gasteiger charge is -2.23. The second-order valence-electron chi connectivity index (χ2n) is 9.39. The van der Waals surface area contributed by atoms with Gasteiger partial charge in [-0.3, -0.25) is 0 Å². The number of benzene rings is 5. The fraction of sp³-hybridized carbons (Fsp3) is 0.0588. The monoisotopic (exact) mass is 512 g/mol. The van der Waals surface area contributed by atoms with Crippen molar-refractivity contribution in [3.05, 3.63) is 96.1 Å². The van der Waals surface area contributed by atoms with Crippen LogP contribution in [0.3, 0.4) is 0 Å². The molecule has 0 saturated heterocycles. The summed E-state index contributed by atoms with van der Waals surface area (Å²) in [6.07, 6.45) is 4.73. The Morgan fingerprint density at radius 3 is 1.69 bits per heavy atom. The van der Waals surface area contributed by atoms with Gasteiger partial charge in [-0.2, -0.15) is 0 Å². The van der Waals surface area contributed by atoms with Gasteiger partial charge in [0.2, 0.25) is 17.2 Å². The molecule has 6 rings (SSSR count). The Kier molecular flexibility index (Phi) is 5.86. The van der Waals surface area contributed by atoms with Crippen LogP contribution >= 0.6 is 0 Å². The lowest BCUT2D eigenvalue weighted by molar-refractivity contribution is 0.330. The van der Waals surface area contributed by atoms with Crippen LogP contribution in [0.25, 0.3) is 50.2 Å². The first-order valence-electron chi connectivity index (χ1n) is 12.5. The van der Waals surface area contributed by atoms with Crippen LogP contribution in [-0.4, -0.2) is 25.5 Å². The van der Waals surface area contributed by atoms with Crippen LogP contribution in [0.5, 0.6) is 28.7 Å². The molecule has 5 nitrogen and oxygen atoms in total. The zero-order chi connectivity index (χ0) is 27.1. The summed E-state index contributed by atoms with van der Waals surface area (Å²) < 4.78 is 0. The van der Waals surface area contributed by atoms with Crippen molar-refractivity contribution in [2.24, 2.45) is 0 Å². The van der Waals surface area contributed by atoms with Crippen molar-refractivity contribution in [3.63, 3.8) is 0 Å². The molecule has 5 aromatic rings. The molecule has 0 aromatic heterocycles. The quantitative estimate of drug-likeness (QED) is 0.0990. The van der Waals surface area contributed by atoms with E-state index < -0.39 is 28.7 Å². The van der Waals surface area contributed by atoms with Gasteiger partial charge in [0.15, 0.2) is 11.5 Å². The van der Waals surface area contributed by atoms with E-state index in [1.54, 1.807) is 0 Å². The maximum atomic E-state index is 10.9. The number of fused-ring (bicyclic) bond motifs is 2.